The topological polar surface area (TPSA) is 12.0 Å². The van der Waals surface area contributed by atoms with E-state index >= 15 is 0 Å². The van der Waals surface area contributed by atoms with Crippen molar-refractivity contribution in [2.45, 2.75) is 58.9 Å². The van der Waals surface area contributed by atoms with E-state index in [9.17, 15) is 0 Å². The number of hydrogen-bond acceptors (Lipinski definition) is 2. The Morgan fingerprint density at radius 1 is 1.39 bits per heavy atom. The lowest BCUT2D eigenvalue weighted by atomic mass is 9.65. The number of nitrogens with one attached hydrogen (secondary N) is 1. The molecule has 0 bridgehead atoms. The average molecular weight is 265 g/mol. The van der Waals surface area contributed by atoms with Gasteiger partial charge in [0.25, 0.3) is 0 Å². The molecule has 1 fully saturated rings. The predicted octanol–water partition coefficient (Wildman–Crippen LogP) is 4.79. The molecule has 2 unspecified atom stereocenters. The van der Waals surface area contributed by atoms with E-state index in [0.29, 0.717) is 11.5 Å². The number of hydrogen-bond donors (Lipinski definition) is 1. The summed E-state index contributed by atoms with van der Waals surface area (Å²) in [5.74, 6) is 0.777. The largest absolute Gasteiger partial charge is 0.312 e. The van der Waals surface area contributed by atoms with E-state index in [-0.39, 0.29) is 0 Å². The van der Waals surface area contributed by atoms with Gasteiger partial charge in [-0.2, -0.15) is 0 Å². The van der Waals surface area contributed by atoms with Gasteiger partial charge in [0.1, 0.15) is 0 Å². The van der Waals surface area contributed by atoms with Crippen molar-refractivity contribution >= 4 is 11.3 Å². The molecule has 0 radical (unpaired) electrons. The summed E-state index contributed by atoms with van der Waals surface area (Å²) in [6.45, 7) is 7.15. The minimum absolute atomic E-state index is 0.474. The number of thiophene rings is 1. The Morgan fingerprint density at radius 3 is 2.72 bits per heavy atom. The lowest BCUT2D eigenvalue weighted by Gasteiger charge is -2.43. The van der Waals surface area contributed by atoms with Gasteiger partial charge < -0.3 is 5.32 Å². The molecule has 1 heterocycles. The van der Waals surface area contributed by atoms with Crippen LogP contribution in [0, 0.1) is 11.3 Å². The first-order chi connectivity index (χ1) is 8.58. The quantitative estimate of drug-likeness (QED) is 0.825. The van der Waals surface area contributed by atoms with E-state index in [2.05, 4.69) is 45.3 Å². The maximum atomic E-state index is 3.59. The predicted molar refractivity (Wildman–Crippen MR) is 81.2 cm³/mol. The van der Waals surface area contributed by atoms with Crippen LogP contribution < -0.4 is 5.32 Å². The highest BCUT2D eigenvalue weighted by Crippen LogP contribution is 2.47. The minimum atomic E-state index is 0.474. The van der Waals surface area contributed by atoms with Crippen molar-refractivity contribution in [1.29, 1.82) is 0 Å². The Morgan fingerprint density at radius 2 is 2.17 bits per heavy atom. The molecule has 1 nitrogen and oxygen atoms in total. The second-order valence-corrected chi connectivity index (χ2v) is 7.46. The molecule has 1 N–H and O–H groups in total. The van der Waals surface area contributed by atoms with Crippen molar-refractivity contribution in [3.8, 4) is 0 Å². The summed E-state index contributed by atoms with van der Waals surface area (Å²) in [5, 5.41) is 3.59. The van der Waals surface area contributed by atoms with Crippen LogP contribution in [-0.4, -0.2) is 7.05 Å². The molecule has 2 rings (SSSR count). The lowest BCUT2D eigenvalue weighted by Crippen LogP contribution is -2.37. The van der Waals surface area contributed by atoms with E-state index in [1.165, 1.54) is 35.4 Å². The van der Waals surface area contributed by atoms with Gasteiger partial charge in [0.15, 0.2) is 0 Å². The van der Waals surface area contributed by atoms with Gasteiger partial charge in [0.2, 0.25) is 0 Å². The van der Waals surface area contributed by atoms with Gasteiger partial charge >= 0.3 is 0 Å². The summed E-state index contributed by atoms with van der Waals surface area (Å²) in [4.78, 5) is 3.05. The Kier molecular flexibility index (Phi) is 4.50. The molecule has 0 amide bonds. The van der Waals surface area contributed by atoms with Gasteiger partial charge in [-0.25, -0.2) is 0 Å². The molecule has 0 aromatic carbocycles. The van der Waals surface area contributed by atoms with E-state index in [1.54, 1.807) is 0 Å². The van der Waals surface area contributed by atoms with Crippen molar-refractivity contribution in [1.82, 2.24) is 5.32 Å². The zero-order valence-corrected chi connectivity index (χ0v) is 13.1. The highest BCUT2D eigenvalue weighted by Gasteiger charge is 2.37. The van der Waals surface area contributed by atoms with Crippen molar-refractivity contribution in [3.05, 3.63) is 21.9 Å². The SMILES string of the molecule is CCc1ccc(C(NC)C2CCCCC2(C)C)s1. The Bertz CT molecular complexity index is 380. The molecule has 1 aliphatic carbocycles. The van der Waals surface area contributed by atoms with Gasteiger partial charge in [-0.15, -0.1) is 11.3 Å². The second-order valence-electron chi connectivity index (χ2n) is 6.26. The Labute approximate surface area is 116 Å². The fourth-order valence-corrected chi connectivity index (χ4v) is 4.56. The van der Waals surface area contributed by atoms with E-state index in [1.807, 2.05) is 11.3 Å². The van der Waals surface area contributed by atoms with Crippen LogP contribution in [0.2, 0.25) is 0 Å². The molecule has 102 valence electrons. The van der Waals surface area contributed by atoms with Crippen LogP contribution in [0.15, 0.2) is 12.1 Å². The average Bonchev–Trinajstić information content (AvgIpc) is 2.80. The molecular formula is C16H27NS. The third kappa shape index (κ3) is 2.80. The molecule has 1 aromatic heterocycles. The highest BCUT2D eigenvalue weighted by molar-refractivity contribution is 7.12. The van der Waals surface area contributed by atoms with Crippen LogP contribution in [0.25, 0.3) is 0 Å². The van der Waals surface area contributed by atoms with Crippen LogP contribution in [-0.2, 0) is 6.42 Å². The first-order valence-electron chi connectivity index (χ1n) is 7.34. The van der Waals surface area contributed by atoms with Crippen molar-refractivity contribution in [2.24, 2.45) is 11.3 Å². The lowest BCUT2D eigenvalue weighted by molar-refractivity contribution is 0.102. The van der Waals surface area contributed by atoms with Gasteiger partial charge in [-0.05, 0) is 49.8 Å². The standard InChI is InChI=1S/C16H27NS/c1-5-12-9-10-14(18-12)15(17-4)13-8-6-7-11-16(13,2)3/h9-10,13,15,17H,5-8,11H2,1-4H3. The molecule has 1 aliphatic rings. The minimum Gasteiger partial charge on any atom is -0.312 e. The maximum absolute atomic E-state index is 3.59. The summed E-state index contributed by atoms with van der Waals surface area (Å²) >= 11 is 2.00. The zero-order valence-electron chi connectivity index (χ0n) is 12.3. The van der Waals surface area contributed by atoms with E-state index in [0.717, 1.165) is 12.3 Å². The zero-order chi connectivity index (χ0) is 13.2. The normalized spacial score (nSPS) is 25.0. The van der Waals surface area contributed by atoms with Crippen LogP contribution in [0.1, 0.15) is 62.3 Å². The van der Waals surface area contributed by atoms with Crippen molar-refractivity contribution in [2.75, 3.05) is 7.05 Å². The van der Waals surface area contributed by atoms with Crippen molar-refractivity contribution in [3.63, 3.8) is 0 Å². The van der Waals surface area contributed by atoms with Gasteiger partial charge in [0, 0.05) is 15.8 Å². The van der Waals surface area contributed by atoms with Crippen molar-refractivity contribution < 1.29 is 0 Å². The summed E-state index contributed by atoms with van der Waals surface area (Å²) in [5.41, 5.74) is 0.474. The summed E-state index contributed by atoms with van der Waals surface area (Å²) in [6, 6.07) is 5.20. The van der Waals surface area contributed by atoms with Crippen LogP contribution in [0.5, 0.6) is 0 Å². The molecular weight excluding hydrogens is 238 g/mol. The summed E-state index contributed by atoms with van der Waals surface area (Å²) in [6.07, 6.45) is 6.72. The smallest absolute Gasteiger partial charge is 0.0446 e. The first-order valence-corrected chi connectivity index (χ1v) is 8.16. The van der Waals surface area contributed by atoms with Gasteiger partial charge in [0.05, 0.1) is 0 Å². The van der Waals surface area contributed by atoms with Gasteiger partial charge in [-0.3, -0.25) is 0 Å². The molecule has 0 aliphatic heterocycles. The maximum Gasteiger partial charge on any atom is 0.0446 e. The number of aryl methyl sites for hydroxylation is 1. The fourth-order valence-electron chi connectivity index (χ4n) is 3.43. The molecule has 2 heteroatoms. The monoisotopic (exact) mass is 265 g/mol. The third-order valence-electron chi connectivity index (χ3n) is 4.64. The first kappa shape index (κ1) is 14.1. The molecule has 1 saturated carbocycles. The van der Waals surface area contributed by atoms with E-state index < -0.39 is 0 Å². The van der Waals surface area contributed by atoms with E-state index in [4.69, 9.17) is 0 Å². The summed E-state index contributed by atoms with van der Waals surface area (Å²) in [7, 11) is 2.13. The fraction of sp³-hybridized carbons (Fsp3) is 0.750. The number of rotatable bonds is 4. The molecule has 0 spiro atoms. The van der Waals surface area contributed by atoms with Gasteiger partial charge in [-0.1, -0.05) is 33.6 Å². The molecule has 2 atom stereocenters. The van der Waals surface area contributed by atoms with Crippen LogP contribution >= 0.6 is 11.3 Å². The summed E-state index contributed by atoms with van der Waals surface area (Å²) < 4.78 is 0. The van der Waals surface area contributed by atoms with Crippen LogP contribution in [0.3, 0.4) is 0 Å². The Hall–Kier alpha value is -0.340. The Balaban J connectivity index is 2.21. The molecule has 0 saturated heterocycles. The molecule has 1 aromatic rings. The second kappa shape index (κ2) is 5.75. The molecule has 18 heavy (non-hydrogen) atoms. The highest BCUT2D eigenvalue weighted by atomic mass is 32.1. The van der Waals surface area contributed by atoms with Crippen LogP contribution in [0.4, 0.5) is 0 Å². The third-order valence-corrected chi connectivity index (χ3v) is 5.95.